The average Bonchev–Trinajstić information content (AvgIpc) is 2.49. The Kier molecular flexibility index (Phi) is 3.97. The number of benzene rings is 1. The fraction of sp³-hybridized carbons (Fsp3) is 0.588. The molecule has 112 valence electrons. The van der Waals surface area contributed by atoms with Crippen molar-refractivity contribution in [1.29, 1.82) is 5.26 Å². The molecule has 1 saturated carbocycles. The molecule has 1 aromatic rings. The third-order valence-electron chi connectivity index (χ3n) is 5.10. The second-order valence-corrected chi connectivity index (χ2v) is 6.42. The monoisotopic (exact) mass is 288 g/mol. The summed E-state index contributed by atoms with van der Waals surface area (Å²) in [5.41, 5.74) is 0.191. The molecule has 3 rings (SSSR count). The van der Waals surface area contributed by atoms with Crippen LogP contribution in [-0.4, -0.2) is 28.7 Å². The van der Waals surface area contributed by atoms with Gasteiger partial charge in [0.15, 0.2) is 0 Å². The number of rotatable bonds is 2. The molecule has 1 aliphatic carbocycles. The summed E-state index contributed by atoms with van der Waals surface area (Å²) < 4.78 is 14.1. The fourth-order valence-corrected chi connectivity index (χ4v) is 3.81. The van der Waals surface area contributed by atoms with E-state index in [1.807, 2.05) is 6.07 Å². The summed E-state index contributed by atoms with van der Waals surface area (Å²) in [6.45, 7) is 2.14. The first kappa shape index (κ1) is 14.5. The Hall–Kier alpha value is -1.44. The number of halogens is 1. The molecule has 2 aliphatic rings. The molecule has 1 aromatic carbocycles. The molecule has 0 spiro atoms. The van der Waals surface area contributed by atoms with Gasteiger partial charge in [0.05, 0.1) is 11.2 Å². The number of likely N-dealkylation sites (tertiary alicyclic amines) is 1. The van der Waals surface area contributed by atoms with Crippen molar-refractivity contribution < 1.29 is 9.50 Å². The quantitative estimate of drug-likeness (QED) is 0.910. The van der Waals surface area contributed by atoms with E-state index < -0.39 is 11.4 Å². The van der Waals surface area contributed by atoms with Crippen LogP contribution >= 0.6 is 0 Å². The van der Waals surface area contributed by atoms with Gasteiger partial charge in [-0.1, -0.05) is 25.0 Å². The Morgan fingerprint density at radius 1 is 1.38 bits per heavy atom. The first-order chi connectivity index (χ1) is 10.1. The predicted octanol–water partition coefficient (Wildman–Crippen LogP) is 2.82. The zero-order chi connectivity index (χ0) is 14.9. The minimum absolute atomic E-state index is 0.110. The van der Waals surface area contributed by atoms with Gasteiger partial charge in [-0.3, -0.25) is 4.90 Å². The highest BCUT2D eigenvalue weighted by atomic mass is 19.1. The summed E-state index contributed by atoms with van der Waals surface area (Å²) in [6, 6.07) is 6.88. The predicted molar refractivity (Wildman–Crippen MR) is 77.9 cm³/mol. The molecule has 2 unspecified atom stereocenters. The molecule has 0 amide bonds. The van der Waals surface area contributed by atoms with Crippen molar-refractivity contribution in [3.63, 3.8) is 0 Å². The lowest BCUT2D eigenvalue weighted by Gasteiger charge is -2.47. The van der Waals surface area contributed by atoms with Gasteiger partial charge in [-0.15, -0.1) is 0 Å². The first-order valence-electron chi connectivity index (χ1n) is 7.74. The van der Waals surface area contributed by atoms with Crippen LogP contribution in [0.4, 0.5) is 4.39 Å². The Labute approximate surface area is 125 Å². The van der Waals surface area contributed by atoms with Gasteiger partial charge in [-0.25, -0.2) is 4.39 Å². The summed E-state index contributed by atoms with van der Waals surface area (Å²) in [5.74, 6) is -0.0910. The van der Waals surface area contributed by atoms with E-state index in [2.05, 4.69) is 4.90 Å². The van der Waals surface area contributed by atoms with Crippen molar-refractivity contribution >= 4 is 0 Å². The lowest BCUT2D eigenvalue weighted by Crippen LogP contribution is -2.53. The van der Waals surface area contributed by atoms with Gasteiger partial charge in [-0.05, 0) is 25.3 Å². The van der Waals surface area contributed by atoms with Gasteiger partial charge in [0.1, 0.15) is 11.9 Å². The highest BCUT2D eigenvalue weighted by Crippen LogP contribution is 2.40. The largest absolute Gasteiger partial charge is 0.390 e. The number of nitriles is 1. The summed E-state index contributed by atoms with van der Waals surface area (Å²) in [6.07, 6.45) is 5.04. The number of hydrogen-bond donors (Lipinski definition) is 1. The minimum atomic E-state index is -0.498. The molecule has 4 heteroatoms. The first-order valence-corrected chi connectivity index (χ1v) is 7.74. The van der Waals surface area contributed by atoms with Gasteiger partial charge >= 0.3 is 0 Å². The number of nitrogens with zero attached hydrogens (tertiary/aromatic N) is 2. The molecule has 1 N–H and O–H groups in total. The SMILES string of the molecule is N#Cc1cccc(CN2CCC3(O)CCCCC3C2)c1F. The normalized spacial score (nSPS) is 29.7. The second kappa shape index (κ2) is 5.75. The van der Waals surface area contributed by atoms with Crippen LogP contribution in [0.1, 0.15) is 43.2 Å². The van der Waals surface area contributed by atoms with Crippen molar-refractivity contribution in [3.05, 3.63) is 35.1 Å². The van der Waals surface area contributed by atoms with E-state index in [4.69, 9.17) is 5.26 Å². The molecule has 0 radical (unpaired) electrons. The van der Waals surface area contributed by atoms with Gasteiger partial charge in [-0.2, -0.15) is 5.26 Å². The lowest BCUT2D eigenvalue weighted by molar-refractivity contribution is -0.0969. The van der Waals surface area contributed by atoms with Crippen LogP contribution in [0.25, 0.3) is 0 Å². The third kappa shape index (κ3) is 2.81. The molecule has 2 fully saturated rings. The molecule has 3 nitrogen and oxygen atoms in total. The third-order valence-corrected chi connectivity index (χ3v) is 5.10. The summed E-state index contributed by atoms with van der Waals surface area (Å²) in [5, 5.41) is 19.6. The molecule has 0 bridgehead atoms. The van der Waals surface area contributed by atoms with Gasteiger partial charge < -0.3 is 5.11 Å². The molecule has 21 heavy (non-hydrogen) atoms. The van der Waals surface area contributed by atoms with Crippen LogP contribution in [0.5, 0.6) is 0 Å². The molecular formula is C17H21FN2O. The van der Waals surface area contributed by atoms with Crippen molar-refractivity contribution in [1.82, 2.24) is 4.90 Å². The summed E-state index contributed by atoms with van der Waals surface area (Å²) in [4.78, 5) is 2.21. The maximum absolute atomic E-state index is 14.1. The zero-order valence-corrected chi connectivity index (χ0v) is 12.2. The van der Waals surface area contributed by atoms with E-state index in [0.29, 0.717) is 18.0 Å². The van der Waals surface area contributed by atoms with E-state index >= 15 is 0 Å². The van der Waals surface area contributed by atoms with Gasteiger partial charge in [0, 0.05) is 31.1 Å². The van der Waals surface area contributed by atoms with Gasteiger partial charge in [0.25, 0.3) is 0 Å². The van der Waals surface area contributed by atoms with Crippen LogP contribution < -0.4 is 0 Å². The maximum Gasteiger partial charge on any atom is 0.145 e. The Balaban J connectivity index is 1.71. The topological polar surface area (TPSA) is 47.3 Å². The standard InChI is InChI=1S/C17H21FN2O/c18-16-13(10-19)4-3-5-14(16)11-20-9-8-17(21)7-2-1-6-15(17)12-20/h3-5,15,21H,1-2,6-9,11-12H2. The van der Waals surface area contributed by atoms with E-state index in [0.717, 1.165) is 38.8 Å². The Morgan fingerprint density at radius 2 is 2.24 bits per heavy atom. The van der Waals surface area contributed by atoms with Crippen LogP contribution in [0, 0.1) is 23.1 Å². The average molecular weight is 288 g/mol. The highest BCUT2D eigenvalue weighted by Gasteiger charge is 2.42. The minimum Gasteiger partial charge on any atom is -0.390 e. The smallest absolute Gasteiger partial charge is 0.145 e. The van der Waals surface area contributed by atoms with E-state index in [1.54, 1.807) is 12.1 Å². The van der Waals surface area contributed by atoms with Crippen molar-refractivity contribution in [2.75, 3.05) is 13.1 Å². The lowest BCUT2D eigenvalue weighted by atomic mass is 9.71. The number of aliphatic hydroxyl groups is 1. The molecule has 2 atom stereocenters. The summed E-state index contributed by atoms with van der Waals surface area (Å²) in [7, 11) is 0. The van der Waals surface area contributed by atoms with E-state index in [9.17, 15) is 9.50 Å². The number of piperidine rings is 1. The number of fused-ring (bicyclic) bond motifs is 1. The highest BCUT2D eigenvalue weighted by molar-refractivity contribution is 5.34. The zero-order valence-electron chi connectivity index (χ0n) is 12.2. The van der Waals surface area contributed by atoms with Crippen molar-refractivity contribution in [2.45, 2.75) is 44.2 Å². The summed E-state index contributed by atoms with van der Waals surface area (Å²) >= 11 is 0. The fourth-order valence-electron chi connectivity index (χ4n) is 3.81. The van der Waals surface area contributed by atoms with E-state index in [1.165, 1.54) is 12.5 Å². The van der Waals surface area contributed by atoms with Crippen molar-refractivity contribution in [3.8, 4) is 6.07 Å². The molecule has 1 heterocycles. The molecule has 1 saturated heterocycles. The van der Waals surface area contributed by atoms with Crippen molar-refractivity contribution in [2.24, 2.45) is 5.92 Å². The molecular weight excluding hydrogens is 267 g/mol. The number of hydrogen-bond acceptors (Lipinski definition) is 3. The van der Waals surface area contributed by atoms with E-state index in [-0.39, 0.29) is 5.56 Å². The maximum atomic E-state index is 14.1. The van der Waals surface area contributed by atoms with Crippen LogP contribution in [-0.2, 0) is 6.54 Å². The van der Waals surface area contributed by atoms with Gasteiger partial charge in [0.2, 0.25) is 0 Å². The van der Waals surface area contributed by atoms with Crippen LogP contribution in [0.15, 0.2) is 18.2 Å². The molecule has 0 aromatic heterocycles. The Morgan fingerprint density at radius 3 is 3.05 bits per heavy atom. The Bertz CT molecular complexity index is 568. The molecule has 1 aliphatic heterocycles. The van der Waals surface area contributed by atoms with Crippen LogP contribution in [0.3, 0.4) is 0 Å². The second-order valence-electron chi connectivity index (χ2n) is 6.42. The van der Waals surface area contributed by atoms with Crippen LogP contribution in [0.2, 0.25) is 0 Å².